The lowest BCUT2D eigenvalue weighted by Gasteiger charge is -2.00. The first-order chi connectivity index (χ1) is 13.2. The Bertz CT molecular complexity index is 1320. The van der Waals surface area contributed by atoms with Gasteiger partial charge in [-0.1, -0.05) is 36.4 Å². The molecule has 27 heavy (non-hydrogen) atoms. The summed E-state index contributed by atoms with van der Waals surface area (Å²) < 4.78 is 21.1. The van der Waals surface area contributed by atoms with Gasteiger partial charge in [-0.05, 0) is 23.8 Å². The number of imidazole rings is 1. The number of benzene rings is 2. The van der Waals surface area contributed by atoms with Gasteiger partial charge in [-0.2, -0.15) is 0 Å². The van der Waals surface area contributed by atoms with Crippen molar-refractivity contribution in [3.63, 3.8) is 0 Å². The Morgan fingerprint density at radius 2 is 1.89 bits per heavy atom. The van der Waals surface area contributed by atoms with Crippen molar-refractivity contribution in [1.82, 2.24) is 9.38 Å². The third-order valence-corrected chi connectivity index (χ3v) is 5.44. The predicted molar refractivity (Wildman–Crippen MR) is 104 cm³/mol. The van der Waals surface area contributed by atoms with Crippen LogP contribution in [0.4, 0.5) is 4.39 Å². The van der Waals surface area contributed by atoms with E-state index in [1.807, 2.05) is 34.9 Å². The molecule has 0 saturated carbocycles. The fraction of sp³-hybridized carbons (Fsp3) is 0.0476. The molecule has 6 heteroatoms. The number of hydrogen-bond donors (Lipinski definition) is 0. The second-order valence-corrected chi connectivity index (χ2v) is 7.36. The Labute approximate surface area is 157 Å². The van der Waals surface area contributed by atoms with Crippen molar-refractivity contribution in [3.05, 3.63) is 93.7 Å². The fourth-order valence-electron chi connectivity index (χ4n) is 3.12. The largest absolute Gasteiger partial charge is 0.422 e. The van der Waals surface area contributed by atoms with Crippen molar-refractivity contribution in [2.45, 2.75) is 6.42 Å². The van der Waals surface area contributed by atoms with Gasteiger partial charge in [-0.3, -0.25) is 4.40 Å². The summed E-state index contributed by atoms with van der Waals surface area (Å²) in [6.07, 6.45) is 4.23. The van der Waals surface area contributed by atoms with Crippen LogP contribution in [0, 0.1) is 5.82 Å². The molecule has 0 N–H and O–H groups in total. The lowest BCUT2D eigenvalue weighted by Crippen LogP contribution is -2.02. The summed E-state index contributed by atoms with van der Waals surface area (Å²) in [6.45, 7) is 0. The number of para-hydroxylation sites is 1. The monoisotopic (exact) mass is 376 g/mol. The first kappa shape index (κ1) is 16.0. The van der Waals surface area contributed by atoms with Gasteiger partial charge >= 0.3 is 5.63 Å². The molecule has 3 heterocycles. The molecule has 5 aromatic rings. The molecule has 0 aliphatic carbocycles. The molecule has 0 aliphatic rings. The van der Waals surface area contributed by atoms with Gasteiger partial charge in [-0.25, -0.2) is 14.2 Å². The van der Waals surface area contributed by atoms with Gasteiger partial charge in [0.2, 0.25) is 0 Å². The third kappa shape index (κ3) is 2.84. The summed E-state index contributed by atoms with van der Waals surface area (Å²) in [4.78, 5) is 18.6. The maximum absolute atomic E-state index is 13.9. The topological polar surface area (TPSA) is 47.5 Å². The summed E-state index contributed by atoms with van der Waals surface area (Å²) in [6, 6.07) is 15.9. The zero-order chi connectivity index (χ0) is 18.4. The minimum absolute atomic E-state index is 0.210. The normalized spacial score (nSPS) is 11.4. The minimum atomic E-state index is -0.411. The molecule has 0 bridgehead atoms. The van der Waals surface area contributed by atoms with Crippen molar-refractivity contribution in [3.8, 4) is 11.3 Å². The highest BCUT2D eigenvalue weighted by atomic mass is 32.1. The third-order valence-electron chi connectivity index (χ3n) is 4.44. The Morgan fingerprint density at radius 3 is 2.74 bits per heavy atom. The Balaban J connectivity index is 1.53. The van der Waals surface area contributed by atoms with Crippen molar-refractivity contribution in [1.29, 1.82) is 0 Å². The van der Waals surface area contributed by atoms with Crippen LogP contribution in [0.15, 0.2) is 76.2 Å². The highest BCUT2D eigenvalue weighted by molar-refractivity contribution is 7.17. The van der Waals surface area contributed by atoms with E-state index < -0.39 is 5.63 Å². The van der Waals surface area contributed by atoms with Gasteiger partial charge in [0.25, 0.3) is 0 Å². The molecule has 4 nitrogen and oxygen atoms in total. The van der Waals surface area contributed by atoms with E-state index >= 15 is 0 Å². The number of nitrogens with zero attached hydrogens (tertiary/aromatic N) is 2. The zero-order valence-corrected chi connectivity index (χ0v) is 14.9. The number of halogens is 1. The average Bonchev–Trinajstić information content (AvgIpc) is 3.21. The van der Waals surface area contributed by atoms with E-state index in [4.69, 9.17) is 4.42 Å². The average molecular weight is 376 g/mol. The van der Waals surface area contributed by atoms with Gasteiger partial charge in [0.1, 0.15) is 11.4 Å². The summed E-state index contributed by atoms with van der Waals surface area (Å²) in [5.41, 5.74) is 1.79. The van der Waals surface area contributed by atoms with E-state index in [9.17, 15) is 9.18 Å². The van der Waals surface area contributed by atoms with Gasteiger partial charge in [0.15, 0.2) is 4.96 Å². The van der Waals surface area contributed by atoms with Gasteiger partial charge < -0.3 is 4.42 Å². The molecule has 132 valence electrons. The van der Waals surface area contributed by atoms with E-state index in [0.29, 0.717) is 28.8 Å². The quantitative estimate of drug-likeness (QED) is 0.421. The number of fused-ring (bicyclic) bond motifs is 2. The molecule has 0 atom stereocenters. The molecule has 0 spiro atoms. The van der Waals surface area contributed by atoms with Crippen LogP contribution < -0.4 is 5.63 Å². The standard InChI is InChI=1S/C21H13FN2O2S/c22-17-7-3-1-5-13(17)9-15-11-24-12-18(23-21(24)27-15)16-10-14-6-2-4-8-19(14)26-20(16)25/h1-8,10-12H,9H2. The molecule has 3 aromatic heterocycles. The van der Waals surface area contributed by atoms with Gasteiger partial charge in [0, 0.05) is 29.1 Å². The number of aromatic nitrogens is 2. The molecule has 5 rings (SSSR count). The van der Waals surface area contributed by atoms with E-state index in [0.717, 1.165) is 15.2 Å². The van der Waals surface area contributed by atoms with E-state index in [1.165, 1.54) is 17.4 Å². The highest BCUT2D eigenvalue weighted by Gasteiger charge is 2.14. The summed E-state index contributed by atoms with van der Waals surface area (Å²) >= 11 is 1.48. The number of hydrogen-bond acceptors (Lipinski definition) is 4. The van der Waals surface area contributed by atoms with Crippen molar-refractivity contribution in [2.24, 2.45) is 0 Å². The summed E-state index contributed by atoms with van der Waals surface area (Å²) in [5.74, 6) is -0.210. The molecular weight excluding hydrogens is 363 g/mol. The van der Waals surface area contributed by atoms with Crippen LogP contribution in [-0.2, 0) is 6.42 Å². The van der Waals surface area contributed by atoms with Crippen molar-refractivity contribution in [2.75, 3.05) is 0 Å². The highest BCUT2D eigenvalue weighted by Crippen LogP contribution is 2.26. The first-order valence-electron chi connectivity index (χ1n) is 8.41. The second-order valence-electron chi connectivity index (χ2n) is 6.27. The van der Waals surface area contributed by atoms with Gasteiger partial charge in [0.05, 0.1) is 11.3 Å². The molecule has 0 unspecified atom stereocenters. The Morgan fingerprint density at radius 1 is 1.07 bits per heavy atom. The smallest absolute Gasteiger partial charge is 0.345 e. The molecular formula is C21H13FN2O2S. The van der Waals surface area contributed by atoms with E-state index in [1.54, 1.807) is 30.5 Å². The summed E-state index contributed by atoms with van der Waals surface area (Å²) in [7, 11) is 0. The molecule has 0 radical (unpaired) electrons. The molecule has 2 aromatic carbocycles. The van der Waals surface area contributed by atoms with Crippen LogP contribution in [0.2, 0.25) is 0 Å². The molecule has 0 saturated heterocycles. The predicted octanol–water partition coefficient (Wildman–Crippen LogP) is 4.90. The zero-order valence-electron chi connectivity index (χ0n) is 14.1. The van der Waals surface area contributed by atoms with Crippen molar-refractivity contribution >= 4 is 27.3 Å². The first-order valence-corrected chi connectivity index (χ1v) is 9.23. The maximum atomic E-state index is 13.9. The lowest BCUT2D eigenvalue weighted by molar-refractivity contribution is 0.563. The lowest BCUT2D eigenvalue weighted by atomic mass is 10.1. The molecule has 0 aliphatic heterocycles. The van der Waals surface area contributed by atoms with E-state index in [2.05, 4.69) is 4.98 Å². The van der Waals surface area contributed by atoms with Crippen LogP contribution in [0.3, 0.4) is 0 Å². The van der Waals surface area contributed by atoms with Crippen molar-refractivity contribution < 1.29 is 8.81 Å². The van der Waals surface area contributed by atoms with Gasteiger partial charge in [-0.15, -0.1) is 11.3 Å². The number of thiazole rings is 1. The molecule has 0 fully saturated rings. The minimum Gasteiger partial charge on any atom is -0.422 e. The Hall–Kier alpha value is -3.25. The maximum Gasteiger partial charge on any atom is 0.345 e. The van der Waals surface area contributed by atoms with Crippen LogP contribution in [0.5, 0.6) is 0 Å². The van der Waals surface area contributed by atoms with E-state index in [-0.39, 0.29) is 5.82 Å². The fourth-order valence-corrected chi connectivity index (χ4v) is 4.11. The SMILES string of the molecule is O=c1oc2ccccc2cc1-c1cn2cc(Cc3ccccc3F)sc2n1. The van der Waals surface area contributed by atoms with Crippen LogP contribution in [0.25, 0.3) is 27.2 Å². The summed E-state index contributed by atoms with van der Waals surface area (Å²) in [5, 5.41) is 0.851. The molecule has 0 amide bonds. The van der Waals surface area contributed by atoms with Crippen LogP contribution >= 0.6 is 11.3 Å². The van der Waals surface area contributed by atoms with Crippen LogP contribution in [-0.4, -0.2) is 9.38 Å². The second kappa shape index (κ2) is 6.17. The van der Waals surface area contributed by atoms with Crippen LogP contribution in [0.1, 0.15) is 10.4 Å². The number of rotatable bonds is 3. The Kier molecular flexibility index (Phi) is 3.65.